The molecule has 1 aromatic carbocycles. The van der Waals surface area contributed by atoms with Crippen LogP contribution in [0, 0.1) is 18.7 Å². The van der Waals surface area contributed by atoms with Crippen molar-refractivity contribution in [2.75, 3.05) is 39.9 Å². The molecule has 206 valence electrons. The summed E-state index contributed by atoms with van der Waals surface area (Å²) in [5, 5.41) is 13.0. The fraction of sp³-hybridized carbons (Fsp3) is 0.393. The molecular weight excluding hydrogens is 506 g/mol. The number of hydrogen-bond acceptors (Lipinski definition) is 7. The maximum absolute atomic E-state index is 14.0. The number of carbonyl (C=O) groups is 1. The first-order valence-corrected chi connectivity index (χ1v) is 13.0. The normalized spacial score (nSPS) is 19.7. The molecule has 0 bridgehead atoms. The number of nitrogens with one attached hydrogen (secondary N) is 2. The molecule has 2 atom stereocenters. The van der Waals surface area contributed by atoms with Crippen LogP contribution in [0.2, 0.25) is 0 Å². The van der Waals surface area contributed by atoms with Crippen molar-refractivity contribution in [3.63, 3.8) is 0 Å². The molecule has 9 nitrogen and oxygen atoms in total. The molecule has 1 amide bonds. The molecule has 1 fully saturated rings. The van der Waals surface area contributed by atoms with E-state index in [0.717, 1.165) is 53.8 Å². The number of methoxy groups -OCH3 is 1. The maximum atomic E-state index is 14.0. The Morgan fingerprint density at radius 3 is 2.82 bits per heavy atom. The highest BCUT2D eigenvalue weighted by Crippen LogP contribution is 2.31. The topological polar surface area (TPSA) is 93.5 Å². The Kier molecular flexibility index (Phi) is 8.41. The van der Waals surface area contributed by atoms with Crippen LogP contribution in [0.5, 0.6) is 0 Å². The Balaban J connectivity index is 1.40. The summed E-state index contributed by atoms with van der Waals surface area (Å²) in [5.41, 5.74) is 4.99. The SMILES string of the molecule is COCCN1C[C@@H](NC(=O)Cc2c(C)c(C3=CCNCC3)nn2-c2ccccc2)[C@H](c2cnc(F)c(F)c2)O1. The van der Waals surface area contributed by atoms with E-state index in [4.69, 9.17) is 14.7 Å². The van der Waals surface area contributed by atoms with Gasteiger partial charge in [-0.15, -0.1) is 0 Å². The van der Waals surface area contributed by atoms with E-state index < -0.39 is 23.9 Å². The summed E-state index contributed by atoms with van der Waals surface area (Å²) < 4.78 is 34.5. The van der Waals surface area contributed by atoms with Crippen LogP contribution in [0.4, 0.5) is 8.78 Å². The van der Waals surface area contributed by atoms with Crippen LogP contribution >= 0.6 is 0 Å². The van der Waals surface area contributed by atoms with Crippen molar-refractivity contribution in [2.24, 2.45) is 0 Å². The third kappa shape index (κ3) is 6.06. The zero-order valence-corrected chi connectivity index (χ0v) is 22.0. The van der Waals surface area contributed by atoms with Gasteiger partial charge in [-0.2, -0.15) is 14.6 Å². The average Bonchev–Trinajstić information content (AvgIpc) is 3.50. The summed E-state index contributed by atoms with van der Waals surface area (Å²) in [7, 11) is 1.58. The number of aromatic nitrogens is 3. The molecule has 4 heterocycles. The molecule has 0 unspecified atom stereocenters. The van der Waals surface area contributed by atoms with Gasteiger partial charge in [0.25, 0.3) is 0 Å². The molecule has 3 aromatic rings. The Morgan fingerprint density at radius 1 is 1.28 bits per heavy atom. The minimum Gasteiger partial charge on any atom is -0.383 e. The van der Waals surface area contributed by atoms with Gasteiger partial charge in [0.05, 0.1) is 36.1 Å². The van der Waals surface area contributed by atoms with Gasteiger partial charge in [-0.25, -0.2) is 14.1 Å². The molecule has 2 N–H and O–H groups in total. The fourth-order valence-electron chi connectivity index (χ4n) is 5.01. The molecule has 2 aliphatic heterocycles. The largest absolute Gasteiger partial charge is 0.383 e. The molecule has 0 saturated carbocycles. The summed E-state index contributed by atoms with van der Waals surface area (Å²) in [6.07, 6.45) is 3.58. The number of amides is 1. The number of ether oxygens (including phenoxy) is 1. The molecule has 11 heteroatoms. The van der Waals surface area contributed by atoms with Crippen molar-refractivity contribution in [2.45, 2.75) is 31.9 Å². The molecule has 0 spiro atoms. The Labute approximate surface area is 225 Å². The van der Waals surface area contributed by atoms with Crippen LogP contribution in [0.25, 0.3) is 11.3 Å². The van der Waals surface area contributed by atoms with Crippen molar-refractivity contribution in [3.05, 3.63) is 83.0 Å². The Morgan fingerprint density at radius 2 is 2.10 bits per heavy atom. The first kappa shape index (κ1) is 27.1. The number of carbonyl (C=O) groups excluding carboxylic acids is 1. The molecule has 0 radical (unpaired) electrons. The predicted molar refractivity (Wildman–Crippen MR) is 141 cm³/mol. The van der Waals surface area contributed by atoms with E-state index in [-0.39, 0.29) is 12.3 Å². The predicted octanol–water partition coefficient (Wildman–Crippen LogP) is 2.89. The van der Waals surface area contributed by atoms with Crippen LogP contribution in [-0.4, -0.2) is 71.7 Å². The van der Waals surface area contributed by atoms with E-state index in [1.54, 1.807) is 12.2 Å². The van der Waals surface area contributed by atoms with Crippen molar-refractivity contribution in [3.8, 4) is 5.69 Å². The van der Waals surface area contributed by atoms with Crippen LogP contribution in [-0.2, 0) is 20.8 Å². The van der Waals surface area contributed by atoms with E-state index in [2.05, 4.69) is 21.7 Å². The molecule has 2 aromatic heterocycles. The van der Waals surface area contributed by atoms with Crippen molar-refractivity contribution >= 4 is 11.5 Å². The van der Waals surface area contributed by atoms with Gasteiger partial charge in [-0.1, -0.05) is 24.3 Å². The van der Waals surface area contributed by atoms with E-state index in [1.807, 2.05) is 41.9 Å². The highest BCUT2D eigenvalue weighted by Gasteiger charge is 2.37. The zero-order valence-electron chi connectivity index (χ0n) is 22.0. The fourth-order valence-corrected chi connectivity index (χ4v) is 5.01. The van der Waals surface area contributed by atoms with Gasteiger partial charge in [0, 0.05) is 38.5 Å². The number of halogens is 2. The van der Waals surface area contributed by atoms with Gasteiger partial charge in [-0.05, 0) is 49.2 Å². The van der Waals surface area contributed by atoms with Crippen LogP contribution in [0.1, 0.15) is 35.0 Å². The molecular formula is C28H32F2N6O3. The number of benzene rings is 1. The number of nitrogens with zero attached hydrogens (tertiary/aromatic N) is 4. The third-order valence-corrected chi connectivity index (χ3v) is 7.01. The van der Waals surface area contributed by atoms with E-state index >= 15 is 0 Å². The lowest BCUT2D eigenvalue weighted by Gasteiger charge is -2.19. The lowest BCUT2D eigenvalue weighted by molar-refractivity contribution is -0.154. The van der Waals surface area contributed by atoms with Gasteiger partial charge in [0.1, 0.15) is 6.10 Å². The summed E-state index contributed by atoms with van der Waals surface area (Å²) in [4.78, 5) is 23.0. The highest BCUT2D eigenvalue weighted by atomic mass is 19.2. The summed E-state index contributed by atoms with van der Waals surface area (Å²) >= 11 is 0. The molecule has 0 aliphatic carbocycles. The minimum absolute atomic E-state index is 0.0799. The van der Waals surface area contributed by atoms with Gasteiger partial charge < -0.3 is 15.4 Å². The second-order valence-corrected chi connectivity index (χ2v) is 9.65. The molecule has 5 rings (SSSR count). The van der Waals surface area contributed by atoms with Crippen molar-refractivity contribution in [1.29, 1.82) is 0 Å². The lowest BCUT2D eigenvalue weighted by Crippen LogP contribution is -2.41. The van der Waals surface area contributed by atoms with E-state index in [1.165, 1.54) is 6.20 Å². The standard InChI is InChI=1S/C28H32F2N6O3/c1-18-24(36(21-6-4-3-5-7-21)34-26(18)19-8-10-31-11-9-19)15-25(37)33-23-17-35(12-13-38-2)39-27(23)20-14-22(29)28(30)32-16-20/h3-8,14,16,23,27,31H,9-13,15,17H2,1-2H3,(H,33,37)/t23-,27+/m1/s1. The second-order valence-electron chi connectivity index (χ2n) is 9.65. The molecule has 39 heavy (non-hydrogen) atoms. The van der Waals surface area contributed by atoms with Gasteiger partial charge in [0.15, 0.2) is 5.82 Å². The van der Waals surface area contributed by atoms with E-state index in [9.17, 15) is 13.6 Å². The van der Waals surface area contributed by atoms with Crippen LogP contribution in [0.3, 0.4) is 0 Å². The third-order valence-electron chi connectivity index (χ3n) is 7.01. The minimum atomic E-state index is -1.18. The van der Waals surface area contributed by atoms with Gasteiger partial charge in [0.2, 0.25) is 11.9 Å². The quantitative estimate of drug-likeness (QED) is 0.405. The van der Waals surface area contributed by atoms with Crippen LogP contribution in [0.15, 0.2) is 48.7 Å². The summed E-state index contributed by atoms with van der Waals surface area (Å²) in [5.74, 6) is -2.49. The summed E-state index contributed by atoms with van der Waals surface area (Å²) in [6.45, 7) is 4.86. The first-order valence-electron chi connectivity index (χ1n) is 13.0. The molecule has 1 saturated heterocycles. The number of hydroxylamine groups is 2. The lowest BCUT2D eigenvalue weighted by atomic mass is 10.0. The average molecular weight is 539 g/mol. The molecule has 2 aliphatic rings. The van der Waals surface area contributed by atoms with E-state index in [0.29, 0.717) is 25.3 Å². The number of pyridine rings is 1. The monoisotopic (exact) mass is 538 g/mol. The Bertz CT molecular complexity index is 1350. The zero-order chi connectivity index (χ0) is 27.4. The number of para-hydroxylation sites is 1. The van der Waals surface area contributed by atoms with Gasteiger partial charge in [-0.3, -0.25) is 9.63 Å². The maximum Gasteiger partial charge on any atom is 0.248 e. The Hall–Kier alpha value is -3.51. The van der Waals surface area contributed by atoms with Gasteiger partial charge >= 0.3 is 0 Å². The number of hydrogen-bond donors (Lipinski definition) is 2. The van der Waals surface area contributed by atoms with Crippen molar-refractivity contribution in [1.82, 2.24) is 30.5 Å². The first-order chi connectivity index (χ1) is 18.9. The number of rotatable bonds is 9. The summed E-state index contributed by atoms with van der Waals surface area (Å²) in [6, 6.07) is 10.3. The highest BCUT2D eigenvalue weighted by molar-refractivity contribution is 5.80. The van der Waals surface area contributed by atoms with Crippen LogP contribution < -0.4 is 10.6 Å². The van der Waals surface area contributed by atoms with Crippen molar-refractivity contribution < 1.29 is 23.1 Å². The second kappa shape index (κ2) is 12.1. The smallest absolute Gasteiger partial charge is 0.248 e.